The van der Waals surface area contributed by atoms with Crippen LogP contribution in [-0.4, -0.2) is 24.5 Å². The summed E-state index contributed by atoms with van der Waals surface area (Å²) in [5, 5.41) is 8.03. The summed E-state index contributed by atoms with van der Waals surface area (Å²) in [6.07, 6.45) is -1.28. The molecule has 4 aromatic rings. The van der Waals surface area contributed by atoms with Crippen LogP contribution in [0.25, 0.3) is 16.6 Å². The zero-order chi connectivity index (χ0) is 25.0. The minimum Gasteiger partial charge on any atom is -0.382 e. The standard InChI is InChI=1S/C16H12F3N3O.C5H6N6/c1-2-13-21-12-7-3-6-11(16(17,18)19)14(12)15(23)22(13)10-5-4-8-20-9-10;6-1-2-3(7)10-5(9)11-4(2)8/h3-9H,2H2,1H3;(H6,7,8,9,10,11). The van der Waals surface area contributed by atoms with Gasteiger partial charge in [-0.15, -0.1) is 0 Å². The molecule has 13 heteroatoms. The lowest BCUT2D eigenvalue weighted by molar-refractivity contribution is -0.136. The molecule has 10 nitrogen and oxygen atoms in total. The summed E-state index contributed by atoms with van der Waals surface area (Å²) in [4.78, 5) is 28.0. The third kappa shape index (κ3) is 4.70. The van der Waals surface area contributed by atoms with E-state index in [2.05, 4.69) is 19.9 Å². The van der Waals surface area contributed by atoms with Crippen LogP contribution in [0.1, 0.15) is 23.9 Å². The summed E-state index contributed by atoms with van der Waals surface area (Å²) in [6.45, 7) is 1.79. The van der Waals surface area contributed by atoms with Gasteiger partial charge in [-0.05, 0) is 24.3 Å². The van der Waals surface area contributed by atoms with E-state index in [1.807, 2.05) is 0 Å². The first-order chi connectivity index (χ1) is 16.1. The second-order valence-electron chi connectivity index (χ2n) is 6.77. The molecule has 0 amide bonds. The molecule has 0 spiro atoms. The number of hydrogen-bond acceptors (Lipinski definition) is 9. The Morgan fingerprint density at radius 2 is 1.74 bits per heavy atom. The maximum Gasteiger partial charge on any atom is 0.417 e. The van der Waals surface area contributed by atoms with Crippen molar-refractivity contribution in [1.29, 1.82) is 5.26 Å². The Bertz CT molecular complexity index is 1420. The van der Waals surface area contributed by atoms with E-state index in [0.29, 0.717) is 17.9 Å². The molecule has 0 aliphatic rings. The molecule has 0 atom stereocenters. The number of nitrogens with two attached hydrogens (primary N) is 3. The SMILES string of the molecule is CCc1nc2cccc(C(F)(F)F)c2c(=O)n1-c1cccnc1.N#Cc1c(N)nc(N)nc1N. The lowest BCUT2D eigenvalue weighted by atomic mass is 10.1. The van der Waals surface area contributed by atoms with Crippen LogP contribution in [0.5, 0.6) is 0 Å². The molecule has 4 rings (SSSR count). The van der Waals surface area contributed by atoms with E-state index in [1.54, 1.807) is 25.1 Å². The molecule has 0 radical (unpaired) electrons. The highest BCUT2D eigenvalue weighted by atomic mass is 19.4. The van der Waals surface area contributed by atoms with E-state index in [0.717, 1.165) is 6.07 Å². The molecule has 3 aromatic heterocycles. The third-order valence-corrected chi connectivity index (χ3v) is 4.59. The van der Waals surface area contributed by atoms with Crippen LogP contribution in [0.15, 0.2) is 47.5 Å². The lowest BCUT2D eigenvalue weighted by Gasteiger charge is -2.15. The number of anilines is 3. The Hall–Kier alpha value is -4.73. The Kier molecular flexibility index (Phi) is 6.62. The van der Waals surface area contributed by atoms with Crippen molar-refractivity contribution in [2.75, 3.05) is 17.2 Å². The smallest absolute Gasteiger partial charge is 0.382 e. The van der Waals surface area contributed by atoms with E-state index < -0.39 is 22.7 Å². The number of fused-ring (bicyclic) bond motifs is 1. The highest BCUT2D eigenvalue weighted by molar-refractivity contribution is 5.82. The molecule has 3 heterocycles. The van der Waals surface area contributed by atoms with Gasteiger partial charge in [0.05, 0.1) is 28.4 Å². The second-order valence-corrected chi connectivity index (χ2v) is 6.77. The van der Waals surface area contributed by atoms with Gasteiger partial charge in [0.15, 0.2) is 0 Å². The number of nitriles is 1. The van der Waals surface area contributed by atoms with E-state index in [4.69, 9.17) is 22.5 Å². The van der Waals surface area contributed by atoms with Gasteiger partial charge < -0.3 is 17.2 Å². The molecule has 6 N–H and O–H groups in total. The van der Waals surface area contributed by atoms with Gasteiger partial charge >= 0.3 is 6.18 Å². The van der Waals surface area contributed by atoms with E-state index in [-0.39, 0.29) is 28.7 Å². The Morgan fingerprint density at radius 1 is 1.06 bits per heavy atom. The molecule has 174 valence electrons. The summed E-state index contributed by atoms with van der Waals surface area (Å²) in [6, 6.07) is 8.55. The fourth-order valence-corrected chi connectivity index (χ4v) is 3.13. The van der Waals surface area contributed by atoms with Crippen molar-refractivity contribution in [3.63, 3.8) is 0 Å². The van der Waals surface area contributed by atoms with Crippen molar-refractivity contribution in [3.05, 3.63) is 70.0 Å². The number of nitrogens with zero attached hydrogens (tertiary/aromatic N) is 6. The van der Waals surface area contributed by atoms with Crippen LogP contribution < -0.4 is 22.8 Å². The fourth-order valence-electron chi connectivity index (χ4n) is 3.13. The maximum absolute atomic E-state index is 13.2. The van der Waals surface area contributed by atoms with Gasteiger partial charge in [0, 0.05) is 12.6 Å². The molecule has 1 aromatic carbocycles. The van der Waals surface area contributed by atoms with Crippen LogP contribution in [0.2, 0.25) is 0 Å². The summed E-state index contributed by atoms with van der Waals surface area (Å²) < 4.78 is 40.9. The number of aromatic nitrogens is 5. The summed E-state index contributed by atoms with van der Waals surface area (Å²) in [7, 11) is 0. The van der Waals surface area contributed by atoms with E-state index in [1.165, 1.54) is 29.1 Å². The zero-order valence-electron chi connectivity index (χ0n) is 17.7. The third-order valence-electron chi connectivity index (χ3n) is 4.59. The van der Waals surface area contributed by atoms with Gasteiger partial charge in [0.1, 0.15) is 29.1 Å². The minimum absolute atomic E-state index is 0.0116. The Labute approximate surface area is 190 Å². The van der Waals surface area contributed by atoms with Crippen LogP contribution in [-0.2, 0) is 12.6 Å². The van der Waals surface area contributed by atoms with Gasteiger partial charge in [0.25, 0.3) is 5.56 Å². The lowest BCUT2D eigenvalue weighted by Crippen LogP contribution is -2.26. The maximum atomic E-state index is 13.2. The molecule has 34 heavy (non-hydrogen) atoms. The molecule has 0 saturated heterocycles. The Balaban J connectivity index is 0.000000248. The molecule has 0 bridgehead atoms. The van der Waals surface area contributed by atoms with Crippen molar-refractivity contribution < 1.29 is 13.2 Å². The molecular formula is C21H18F3N9O. The first-order valence-corrected chi connectivity index (χ1v) is 9.69. The normalized spacial score (nSPS) is 10.9. The van der Waals surface area contributed by atoms with Crippen molar-refractivity contribution >= 4 is 28.5 Å². The minimum atomic E-state index is -4.62. The number of hydrogen-bond donors (Lipinski definition) is 3. The second kappa shape index (κ2) is 9.41. The number of pyridine rings is 1. The first-order valence-electron chi connectivity index (χ1n) is 9.69. The number of benzene rings is 1. The average molecular weight is 469 g/mol. The monoisotopic (exact) mass is 469 g/mol. The van der Waals surface area contributed by atoms with Crippen LogP contribution in [0.4, 0.5) is 30.8 Å². The highest BCUT2D eigenvalue weighted by Gasteiger charge is 2.34. The van der Waals surface area contributed by atoms with Crippen LogP contribution >= 0.6 is 0 Å². The van der Waals surface area contributed by atoms with Gasteiger partial charge in [-0.3, -0.25) is 14.3 Å². The van der Waals surface area contributed by atoms with Crippen LogP contribution in [0, 0.1) is 11.3 Å². The molecule has 0 aliphatic carbocycles. The predicted octanol–water partition coefficient (Wildman–Crippen LogP) is 2.46. The Morgan fingerprint density at radius 3 is 2.26 bits per heavy atom. The molecule has 0 unspecified atom stereocenters. The summed E-state index contributed by atoms with van der Waals surface area (Å²) >= 11 is 0. The van der Waals surface area contributed by atoms with E-state index >= 15 is 0 Å². The molecule has 0 saturated carbocycles. The number of halogens is 3. The quantitative estimate of drug-likeness (QED) is 0.398. The molecule has 0 fully saturated rings. The first kappa shape index (κ1) is 23.9. The fraction of sp³-hybridized carbons (Fsp3) is 0.143. The average Bonchev–Trinajstić information content (AvgIpc) is 2.78. The molecular weight excluding hydrogens is 451 g/mol. The number of alkyl halides is 3. The van der Waals surface area contributed by atoms with Crippen molar-refractivity contribution in [2.45, 2.75) is 19.5 Å². The van der Waals surface area contributed by atoms with Gasteiger partial charge in [-0.25, -0.2) is 4.98 Å². The largest absolute Gasteiger partial charge is 0.417 e. The van der Waals surface area contributed by atoms with E-state index in [9.17, 15) is 18.0 Å². The highest BCUT2D eigenvalue weighted by Crippen LogP contribution is 2.33. The number of nitrogen functional groups attached to an aromatic ring is 3. The van der Waals surface area contributed by atoms with Gasteiger partial charge in [-0.1, -0.05) is 13.0 Å². The van der Waals surface area contributed by atoms with Crippen molar-refractivity contribution in [2.24, 2.45) is 0 Å². The van der Waals surface area contributed by atoms with Crippen LogP contribution in [0.3, 0.4) is 0 Å². The number of aryl methyl sites for hydroxylation is 1. The molecule has 0 aliphatic heterocycles. The number of rotatable bonds is 2. The zero-order valence-corrected chi connectivity index (χ0v) is 17.7. The van der Waals surface area contributed by atoms with Gasteiger partial charge in [0.2, 0.25) is 5.95 Å². The summed E-state index contributed by atoms with van der Waals surface area (Å²) in [5.41, 5.74) is 14.6. The van der Waals surface area contributed by atoms with Crippen molar-refractivity contribution in [1.82, 2.24) is 24.5 Å². The summed E-state index contributed by atoms with van der Waals surface area (Å²) in [5.74, 6) is 0.379. The van der Waals surface area contributed by atoms with Gasteiger partial charge in [-0.2, -0.15) is 28.4 Å². The van der Waals surface area contributed by atoms with Crippen molar-refractivity contribution in [3.8, 4) is 11.8 Å². The topological polar surface area (TPSA) is 175 Å². The predicted molar refractivity (Wildman–Crippen MR) is 119 cm³/mol.